The molecule has 0 unspecified atom stereocenters. The van der Waals surface area contributed by atoms with E-state index in [1.165, 1.54) is 0 Å². The highest BCUT2D eigenvalue weighted by molar-refractivity contribution is 6.39. The van der Waals surface area contributed by atoms with Crippen molar-refractivity contribution in [3.63, 3.8) is 0 Å². The first-order valence-electron chi connectivity index (χ1n) is 16.7. The maximum atomic E-state index is 12.8. The van der Waals surface area contributed by atoms with Crippen molar-refractivity contribution in [3.05, 3.63) is 115 Å². The lowest BCUT2D eigenvalue weighted by Crippen LogP contribution is -2.32. The van der Waals surface area contributed by atoms with E-state index < -0.39 is 0 Å². The number of aromatic nitrogens is 2. The average molecular weight is 831 g/mol. The summed E-state index contributed by atoms with van der Waals surface area (Å²) in [4.78, 5) is 45.9. The molecular formula is C38H33Cl5N6O5. The van der Waals surface area contributed by atoms with E-state index in [0.717, 1.165) is 29.4 Å². The largest absolute Gasteiger partial charge is 0.423 e. The van der Waals surface area contributed by atoms with Gasteiger partial charge in [-0.1, -0.05) is 76.2 Å². The van der Waals surface area contributed by atoms with Gasteiger partial charge in [0.2, 0.25) is 0 Å². The Morgan fingerprint density at radius 3 is 1.56 bits per heavy atom. The molecule has 16 heteroatoms. The summed E-state index contributed by atoms with van der Waals surface area (Å²) in [7, 11) is 0. The Morgan fingerprint density at radius 2 is 1.09 bits per heavy atom. The molecule has 11 nitrogen and oxygen atoms in total. The van der Waals surface area contributed by atoms with Crippen LogP contribution in [0.1, 0.15) is 39.1 Å². The topological polar surface area (TPSA) is 134 Å². The molecule has 0 radical (unpaired) electrons. The molecule has 0 saturated carbocycles. The first kappa shape index (κ1) is 39.2. The third-order valence-corrected chi connectivity index (χ3v) is 10.3. The van der Waals surface area contributed by atoms with Gasteiger partial charge in [-0.05, 0) is 67.8 Å². The predicted molar refractivity (Wildman–Crippen MR) is 214 cm³/mol. The van der Waals surface area contributed by atoms with Gasteiger partial charge < -0.3 is 34.1 Å². The molecule has 2 aliphatic heterocycles. The van der Waals surface area contributed by atoms with E-state index >= 15 is 0 Å². The van der Waals surface area contributed by atoms with E-state index in [4.69, 9.17) is 71.6 Å². The number of rotatable bonds is 6. The van der Waals surface area contributed by atoms with Crippen LogP contribution in [0.15, 0.2) is 81.6 Å². The SMILES string of the molecule is C=O.Cc1cccc(Cl)c1C(=O)N1CC[C@@H](Nc2nc3ccc(Cl)cc3o2)C1.O=C(c1c(Cl)cccc1Cl)N1CC[C@@H](Nc2nc3ccc(Cl)cc3o2)C1. The lowest BCUT2D eigenvalue weighted by molar-refractivity contribution is -0.0980. The average Bonchev–Trinajstić information content (AvgIpc) is 3.96. The molecule has 280 valence electrons. The minimum Gasteiger partial charge on any atom is -0.423 e. The maximum absolute atomic E-state index is 12.8. The van der Waals surface area contributed by atoms with Crippen LogP contribution in [-0.4, -0.2) is 76.6 Å². The molecule has 8 rings (SSSR count). The van der Waals surface area contributed by atoms with Crippen molar-refractivity contribution in [2.24, 2.45) is 0 Å². The van der Waals surface area contributed by atoms with E-state index in [2.05, 4.69) is 20.6 Å². The number of aryl methyl sites for hydroxylation is 1. The standard InChI is InChI=1S/C19H17Cl2N3O2.C18H14Cl3N3O2.CH2O/c1-11-3-2-4-14(21)17(11)18(25)24-8-7-13(10-24)22-19-23-15-6-5-12(20)9-16(15)26-19;19-10-4-5-14-15(8-10)26-18(23-14)22-11-6-7-24(9-11)17(25)16-12(20)2-1-3-13(16)21;1-2/h2-6,9,13H,7-8,10H2,1H3,(H,22,23);1-5,8,11H,6-7,9H2,(H,22,23);1H2/t13-;11-;/m11./s1. The number of oxazole rings is 2. The zero-order chi connectivity index (χ0) is 38.5. The van der Waals surface area contributed by atoms with E-state index in [1.807, 2.05) is 36.8 Å². The van der Waals surface area contributed by atoms with Crippen LogP contribution >= 0.6 is 58.0 Å². The number of carbonyl (C=O) groups is 3. The van der Waals surface area contributed by atoms with Crippen LogP contribution in [0, 0.1) is 6.92 Å². The van der Waals surface area contributed by atoms with Gasteiger partial charge in [-0.15, -0.1) is 0 Å². The number of amides is 2. The second-order valence-corrected chi connectivity index (χ2v) is 14.6. The Hall–Kier alpha value is -4.52. The number of hydrogen-bond acceptors (Lipinski definition) is 9. The van der Waals surface area contributed by atoms with Crippen molar-refractivity contribution in [2.75, 3.05) is 36.8 Å². The Labute approximate surface area is 335 Å². The summed E-state index contributed by atoms with van der Waals surface area (Å²) < 4.78 is 11.4. The van der Waals surface area contributed by atoms with Gasteiger partial charge in [0.05, 0.1) is 26.2 Å². The van der Waals surface area contributed by atoms with Crippen LogP contribution in [0.4, 0.5) is 12.0 Å². The fourth-order valence-electron chi connectivity index (χ4n) is 6.32. The second kappa shape index (κ2) is 17.3. The van der Waals surface area contributed by atoms with Crippen LogP contribution < -0.4 is 10.6 Å². The molecule has 2 fully saturated rings. The molecule has 4 aromatic carbocycles. The zero-order valence-electron chi connectivity index (χ0n) is 28.8. The molecule has 2 amide bonds. The summed E-state index contributed by atoms with van der Waals surface area (Å²) >= 11 is 30.4. The highest BCUT2D eigenvalue weighted by atomic mass is 35.5. The summed E-state index contributed by atoms with van der Waals surface area (Å²) in [6.07, 6.45) is 1.59. The van der Waals surface area contributed by atoms with Gasteiger partial charge in [0.25, 0.3) is 23.8 Å². The Morgan fingerprint density at radius 1 is 0.667 bits per heavy atom. The van der Waals surface area contributed by atoms with Gasteiger partial charge in [0, 0.05) is 60.4 Å². The van der Waals surface area contributed by atoms with Gasteiger partial charge in [0.15, 0.2) is 11.2 Å². The van der Waals surface area contributed by atoms with Gasteiger partial charge in [-0.25, -0.2) is 0 Å². The number of benzene rings is 4. The van der Waals surface area contributed by atoms with E-state index in [-0.39, 0.29) is 23.9 Å². The van der Waals surface area contributed by atoms with Crippen molar-refractivity contribution in [1.82, 2.24) is 19.8 Å². The Balaban J connectivity index is 0.000000176. The fraction of sp³-hybridized carbons (Fsp3) is 0.237. The summed E-state index contributed by atoms with van der Waals surface area (Å²) in [6, 6.07) is 22.1. The van der Waals surface area contributed by atoms with Crippen LogP contribution in [-0.2, 0) is 4.79 Å². The normalized spacial score (nSPS) is 16.5. The van der Waals surface area contributed by atoms with Gasteiger partial charge >= 0.3 is 0 Å². The second-order valence-electron chi connectivity index (χ2n) is 12.6. The molecule has 0 aliphatic carbocycles. The van der Waals surface area contributed by atoms with Gasteiger partial charge in [0.1, 0.15) is 17.8 Å². The number of fused-ring (bicyclic) bond motifs is 2. The summed E-state index contributed by atoms with van der Waals surface area (Å²) in [5, 5.41) is 8.90. The van der Waals surface area contributed by atoms with Gasteiger partial charge in [-0.3, -0.25) is 9.59 Å². The molecule has 0 spiro atoms. The van der Waals surface area contributed by atoms with Crippen molar-refractivity contribution in [1.29, 1.82) is 0 Å². The van der Waals surface area contributed by atoms with Crippen molar-refractivity contribution < 1.29 is 23.2 Å². The maximum Gasteiger partial charge on any atom is 0.295 e. The van der Waals surface area contributed by atoms with Gasteiger partial charge in [-0.2, -0.15) is 9.97 Å². The lowest BCUT2D eigenvalue weighted by Gasteiger charge is -2.18. The predicted octanol–water partition coefficient (Wildman–Crippen LogP) is 9.70. The molecule has 2 aliphatic rings. The number of hydrogen-bond donors (Lipinski definition) is 2. The van der Waals surface area contributed by atoms with E-state index in [9.17, 15) is 9.59 Å². The molecule has 2 N–H and O–H groups in total. The number of nitrogens with zero attached hydrogens (tertiary/aromatic N) is 4. The molecule has 54 heavy (non-hydrogen) atoms. The number of nitrogens with one attached hydrogen (secondary N) is 2. The minimum absolute atomic E-state index is 0.0312. The highest BCUT2D eigenvalue weighted by Crippen LogP contribution is 2.30. The van der Waals surface area contributed by atoms with E-state index in [1.54, 1.807) is 59.5 Å². The molecule has 0 bridgehead atoms. The smallest absolute Gasteiger partial charge is 0.295 e. The van der Waals surface area contributed by atoms with Crippen molar-refractivity contribution >= 4 is 111 Å². The quantitative estimate of drug-likeness (QED) is 0.168. The zero-order valence-corrected chi connectivity index (χ0v) is 32.5. The lowest BCUT2D eigenvalue weighted by atomic mass is 10.1. The van der Waals surface area contributed by atoms with Crippen LogP contribution in [0.3, 0.4) is 0 Å². The fourth-order valence-corrected chi connectivity index (χ4v) is 7.50. The Kier molecular flexibility index (Phi) is 12.6. The summed E-state index contributed by atoms with van der Waals surface area (Å²) in [5.41, 5.74) is 4.53. The van der Waals surface area contributed by atoms with Crippen molar-refractivity contribution in [2.45, 2.75) is 31.8 Å². The third kappa shape index (κ3) is 8.88. The Bertz CT molecular complexity index is 2120. The number of likely N-dealkylation sites (tertiary alicyclic amines) is 2. The molecular weight excluding hydrogens is 798 g/mol. The molecule has 4 heterocycles. The van der Waals surface area contributed by atoms with E-state index in [0.29, 0.717) is 85.6 Å². The minimum atomic E-state index is -0.172. The van der Waals surface area contributed by atoms with Crippen LogP contribution in [0.25, 0.3) is 22.2 Å². The number of anilines is 2. The third-order valence-electron chi connectivity index (χ3n) is 8.92. The molecule has 2 aromatic heterocycles. The van der Waals surface area contributed by atoms with Crippen LogP contribution in [0.2, 0.25) is 25.1 Å². The highest BCUT2D eigenvalue weighted by Gasteiger charge is 2.31. The first-order valence-corrected chi connectivity index (χ1v) is 18.6. The molecule has 6 aromatic rings. The van der Waals surface area contributed by atoms with Crippen LogP contribution in [0.5, 0.6) is 0 Å². The molecule has 2 saturated heterocycles. The summed E-state index contributed by atoms with van der Waals surface area (Å²) in [5.74, 6) is -0.212. The number of carbonyl (C=O) groups excluding carboxylic acids is 3. The summed E-state index contributed by atoms with van der Waals surface area (Å²) in [6.45, 7) is 6.24. The molecule has 2 atom stereocenters. The first-order chi connectivity index (χ1) is 26.0. The van der Waals surface area contributed by atoms with Crippen molar-refractivity contribution in [3.8, 4) is 0 Å². The number of halogens is 5. The monoisotopic (exact) mass is 828 g/mol.